The zero-order valence-corrected chi connectivity index (χ0v) is 8.67. The Morgan fingerprint density at radius 1 is 1.33 bits per heavy atom. The molecular weight excluding hydrogens is 193 g/mol. The van der Waals surface area contributed by atoms with Crippen LogP contribution in [0.25, 0.3) is 10.9 Å². The number of hydrogen-bond acceptors (Lipinski definition) is 1. The summed E-state index contributed by atoms with van der Waals surface area (Å²) in [5.74, 6) is -0.240. The van der Waals surface area contributed by atoms with Crippen molar-refractivity contribution < 1.29 is 4.39 Å². The predicted molar refractivity (Wildman–Crippen MR) is 58.6 cm³/mol. The van der Waals surface area contributed by atoms with E-state index in [1.54, 1.807) is 12.3 Å². The van der Waals surface area contributed by atoms with Crippen LogP contribution in [0.2, 0.25) is 0 Å². The van der Waals surface area contributed by atoms with Crippen molar-refractivity contribution >= 4 is 10.9 Å². The van der Waals surface area contributed by atoms with Crippen molar-refractivity contribution in [2.75, 3.05) is 0 Å². The van der Waals surface area contributed by atoms with E-state index in [1.807, 2.05) is 13.8 Å². The molecule has 0 saturated carbocycles. The summed E-state index contributed by atoms with van der Waals surface area (Å²) < 4.78 is 13.0. The Bertz CT molecular complexity index is 557. The van der Waals surface area contributed by atoms with Gasteiger partial charge in [-0.25, -0.2) is 4.39 Å². The first-order chi connectivity index (χ1) is 7.09. The van der Waals surface area contributed by atoms with E-state index >= 15 is 0 Å². The van der Waals surface area contributed by atoms with Crippen LogP contribution in [-0.2, 0) is 0 Å². The Morgan fingerprint density at radius 2 is 2.07 bits per heavy atom. The van der Waals surface area contributed by atoms with Gasteiger partial charge >= 0.3 is 0 Å². The molecule has 1 heterocycles. The molecule has 1 N–H and O–H groups in total. The van der Waals surface area contributed by atoms with Crippen LogP contribution in [0.4, 0.5) is 4.39 Å². The van der Waals surface area contributed by atoms with Gasteiger partial charge in [-0.1, -0.05) is 13.8 Å². The smallest absolute Gasteiger partial charge is 0.192 e. The molecule has 2 nitrogen and oxygen atoms in total. The fourth-order valence-corrected chi connectivity index (χ4v) is 1.64. The van der Waals surface area contributed by atoms with Gasteiger partial charge in [-0.2, -0.15) is 0 Å². The number of rotatable bonds is 1. The molecule has 0 atom stereocenters. The lowest BCUT2D eigenvalue weighted by Crippen LogP contribution is -2.11. The molecule has 2 rings (SSSR count). The van der Waals surface area contributed by atoms with Gasteiger partial charge in [-0.05, 0) is 24.1 Å². The summed E-state index contributed by atoms with van der Waals surface area (Å²) in [5, 5.41) is 0.418. The molecule has 3 heteroatoms. The highest BCUT2D eigenvalue weighted by Crippen LogP contribution is 2.14. The maximum atomic E-state index is 13.0. The average Bonchev–Trinajstić information content (AvgIpc) is 2.19. The van der Waals surface area contributed by atoms with Gasteiger partial charge in [0.1, 0.15) is 5.82 Å². The molecule has 1 aromatic carbocycles. The summed E-state index contributed by atoms with van der Waals surface area (Å²) in [6, 6.07) is 4.20. The third-order valence-electron chi connectivity index (χ3n) is 2.49. The highest BCUT2D eigenvalue weighted by atomic mass is 19.1. The molecule has 0 spiro atoms. The summed E-state index contributed by atoms with van der Waals surface area (Å²) in [5.41, 5.74) is 1.28. The van der Waals surface area contributed by atoms with Crippen molar-refractivity contribution in [3.63, 3.8) is 0 Å². The third-order valence-corrected chi connectivity index (χ3v) is 2.49. The number of pyridine rings is 1. The Labute approximate surface area is 86.8 Å². The van der Waals surface area contributed by atoms with Crippen molar-refractivity contribution in [3.8, 4) is 0 Å². The van der Waals surface area contributed by atoms with Crippen LogP contribution in [-0.4, -0.2) is 4.98 Å². The minimum absolute atomic E-state index is 0.0850. The van der Waals surface area contributed by atoms with Crippen molar-refractivity contribution in [1.29, 1.82) is 0 Å². The van der Waals surface area contributed by atoms with E-state index in [-0.39, 0.29) is 17.2 Å². The number of halogens is 1. The van der Waals surface area contributed by atoms with Crippen molar-refractivity contribution in [2.24, 2.45) is 0 Å². The molecule has 0 radical (unpaired) electrons. The molecule has 0 amide bonds. The highest BCUT2D eigenvalue weighted by molar-refractivity contribution is 5.78. The van der Waals surface area contributed by atoms with Crippen LogP contribution in [0.3, 0.4) is 0 Å². The van der Waals surface area contributed by atoms with E-state index in [0.29, 0.717) is 16.5 Å². The van der Waals surface area contributed by atoms with E-state index in [1.165, 1.54) is 12.1 Å². The van der Waals surface area contributed by atoms with Crippen molar-refractivity contribution in [1.82, 2.24) is 4.98 Å². The lowest BCUT2D eigenvalue weighted by atomic mass is 10.0. The molecule has 0 unspecified atom stereocenters. The molecule has 78 valence electrons. The SMILES string of the molecule is CC(C)c1c[nH]c2ccc(F)cc2c1=O. The Hall–Kier alpha value is -1.64. The summed E-state index contributed by atoms with van der Waals surface area (Å²) in [4.78, 5) is 14.9. The van der Waals surface area contributed by atoms with Crippen LogP contribution in [0, 0.1) is 5.82 Å². The lowest BCUT2D eigenvalue weighted by molar-refractivity contribution is 0.629. The Kier molecular flexibility index (Phi) is 2.31. The van der Waals surface area contributed by atoms with Crippen LogP contribution in [0.5, 0.6) is 0 Å². The fraction of sp³-hybridized carbons (Fsp3) is 0.250. The first-order valence-corrected chi connectivity index (χ1v) is 4.90. The number of hydrogen-bond donors (Lipinski definition) is 1. The minimum Gasteiger partial charge on any atom is -0.361 e. The summed E-state index contributed by atoms with van der Waals surface area (Å²) in [7, 11) is 0. The molecule has 0 bridgehead atoms. The number of aromatic amines is 1. The second-order valence-corrected chi connectivity index (χ2v) is 3.92. The van der Waals surface area contributed by atoms with E-state index in [9.17, 15) is 9.18 Å². The van der Waals surface area contributed by atoms with E-state index in [2.05, 4.69) is 4.98 Å². The largest absolute Gasteiger partial charge is 0.361 e. The topological polar surface area (TPSA) is 32.9 Å². The summed E-state index contributed by atoms with van der Waals surface area (Å²) in [6.45, 7) is 3.88. The maximum absolute atomic E-state index is 13.0. The first-order valence-electron chi connectivity index (χ1n) is 4.90. The number of benzene rings is 1. The highest BCUT2D eigenvalue weighted by Gasteiger charge is 2.08. The fourth-order valence-electron chi connectivity index (χ4n) is 1.64. The van der Waals surface area contributed by atoms with Crippen LogP contribution in [0.1, 0.15) is 25.3 Å². The Morgan fingerprint density at radius 3 is 2.73 bits per heavy atom. The average molecular weight is 205 g/mol. The maximum Gasteiger partial charge on any atom is 0.192 e. The van der Waals surface area contributed by atoms with E-state index < -0.39 is 0 Å². The number of aromatic nitrogens is 1. The molecule has 0 aliphatic rings. The zero-order chi connectivity index (χ0) is 11.0. The monoisotopic (exact) mass is 205 g/mol. The van der Waals surface area contributed by atoms with Gasteiger partial charge in [-0.15, -0.1) is 0 Å². The van der Waals surface area contributed by atoms with Gasteiger partial charge in [0.2, 0.25) is 0 Å². The van der Waals surface area contributed by atoms with Gasteiger partial charge in [0.25, 0.3) is 0 Å². The third kappa shape index (κ3) is 1.65. The second-order valence-electron chi connectivity index (χ2n) is 3.92. The molecule has 2 aromatic rings. The molecule has 0 aliphatic carbocycles. The van der Waals surface area contributed by atoms with Crippen LogP contribution >= 0.6 is 0 Å². The molecule has 0 saturated heterocycles. The Balaban J connectivity index is 2.83. The molecule has 0 fully saturated rings. The number of fused-ring (bicyclic) bond motifs is 1. The van der Waals surface area contributed by atoms with E-state index in [0.717, 1.165) is 0 Å². The van der Waals surface area contributed by atoms with Gasteiger partial charge in [0.05, 0.1) is 0 Å². The first kappa shape index (κ1) is 9.90. The minimum atomic E-state index is -0.381. The molecule has 1 aromatic heterocycles. The lowest BCUT2D eigenvalue weighted by Gasteiger charge is -2.05. The number of nitrogens with one attached hydrogen (secondary N) is 1. The molecule has 15 heavy (non-hydrogen) atoms. The standard InChI is InChI=1S/C12H12FNO/c1-7(2)10-6-14-11-4-3-8(13)5-9(11)12(10)15/h3-7H,1-2H3,(H,14,15). The van der Waals surface area contributed by atoms with Gasteiger partial charge in [-0.3, -0.25) is 4.79 Å². The van der Waals surface area contributed by atoms with Crippen molar-refractivity contribution in [2.45, 2.75) is 19.8 Å². The summed E-state index contributed by atoms with van der Waals surface area (Å²) in [6.07, 6.45) is 1.70. The predicted octanol–water partition coefficient (Wildman–Crippen LogP) is 2.79. The van der Waals surface area contributed by atoms with Crippen LogP contribution < -0.4 is 5.43 Å². The van der Waals surface area contributed by atoms with E-state index in [4.69, 9.17) is 0 Å². The van der Waals surface area contributed by atoms with Crippen molar-refractivity contribution in [3.05, 3.63) is 46.0 Å². The normalized spacial score (nSPS) is 11.2. The second kappa shape index (κ2) is 3.50. The number of H-pyrrole nitrogens is 1. The zero-order valence-electron chi connectivity index (χ0n) is 8.67. The van der Waals surface area contributed by atoms with Gasteiger partial charge < -0.3 is 4.98 Å². The summed E-state index contributed by atoms with van der Waals surface area (Å²) >= 11 is 0. The molecular formula is C12H12FNO. The van der Waals surface area contributed by atoms with Gasteiger partial charge in [0.15, 0.2) is 5.43 Å². The quantitative estimate of drug-likeness (QED) is 0.762. The van der Waals surface area contributed by atoms with Gasteiger partial charge in [0, 0.05) is 22.7 Å². The van der Waals surface area contributed by atoms with Crippen LogP contribution in [0.15, 0.2) is 29.2 Å². The molecule has 0 aliphatic heterocycles.